The Balaban J connectivity index is 2.07. The Morgan fingerprint density at radius 2 is 1.92 bits per heavy atom. The molecular weight excluding hydrogens is 304 g/mol. The zero-order valence-corrected chi connectivity index (χ0v) is 14.6. The van der Waals surface area contributed by atoms with Crippen LogP contribution in [0.25, 0.3) is 0 Å². The third-order valence-corrected chi connectivity index (χ3v) is 4.33. The molecule has 132 valence electrons. The third-order valence-electron chi connectivity index (χ3n) is 4.33. The van der Waals surface area contributed by atoms with Gasteiger partial charge in [-0.3, -0.25) is 9.59 Å². The van der Waals surface area contributed by atoms with Crippen molar-refractivity contribution in [1.29, 1.82) is 0 Å². The zero-order valence-electron chi connectivity index (χ0n) is 14.6. The molecule has 0 unspecified atom stereocenters. The molecule has 1 fully saturated rings. The molecule has 0 aliphatic heterocycles. The maximum Gasteiger partial charge on any atom is 0.222 e. The van der Waals surface area contributed by atoms with Crippen molar-refractivity contribution < 1.29 is 14.3 Å². The summed E-state index contributed by atoms with van der Waals surface area (Å²) >= 11 is 0. The number of amides is 2. The Kier molecular flexibility index (Phi) is 7.09. The first-order valence-corrected chi connectivity index (χ1v) is 8.88. The van der Waals surface area contributed by atoms with Gasteiger partial charge in [0.25, 0.3) is 0 Å². The maximum absolute atomic E-state index is 12.4. The highest BCUT2D eigenvalue weighted by molar-refractivity contribution is 5.79. The summed E-state index contributed by atoms with van der Waals surface area (Å²) < 4.78 is 5.65. The number of carbonyl (C=O) groups excluding carboxylic acids is 2. The van der Waals surface area contributed by atoms with E-state index in [4.69, 9.17) is 4.74 Å². The van der Waals surface area contributed by atoms with Gasteiger partial charge in [-0.15, -0.1) is 0 Å². The van der Waals surface area contributed by atoms with E-state index in [1.165, 1.54) is 26.2 Å². The smallest absolute Gasteiger partial charge is 0.222 e. The molecule has 0 heterocycles. The summed E-state index contributed by atoms with van der Waals surface area (Å²) in [6.07, 6.45) is 5.92. The number of para-hydroxylation sites is 1. The minimum Gasteiger partial charge on any atom is -0.494 e. The predicted molar refractivity (Wildman–Crippen MR) is 93.8 cm³/mol. The van der Waals surface area contributed by atoms with E-state index in [0.29, 0.717) is 12.4 Å². The second kappa shape index (κ2) is 9.30. The molecule has 1 aromatic carbocycles. The molecule has 2 rings (SSSR count). The van der Waals surface area contributed by atoms with E-state index in [-0.39, 0.29) is 30.3 Å². The van der Waals surface area contributed by atoms with Gasteiger partial charge in [-0.2, -0.15) is 0 Å². The lowest BCUT2D eigenvalue weighted by molar-refractivity contribution is -0.123. The largest absolute Gasteiger partial charge is 0.494 e. The normalized spacial score (nSPS) is 16.2. The average Bonchev–Trinajstić information content (AvgIpc) is 2.55. The van der Waals surface area contributed by atoms with E-state index in [1.807, 2.05) is 31.2 Å². The van der Waals surface area contributed by atoms with Crippen LogP contribution in [0.1, 0.15) is 64.0 Å². The van der Waals surface area contributed by atoms with Gasteiger partial charge < -0.3 is 15.4 Å². The Labute approximate surface area is 144 Å². The number of hydrogen-bond acceptors (Lipinski definition) is 3. The fraction of sp³-hybridized carbons (Fsp3) is 0.579. The lowest BCUT2D eigenvalue weighted by Crippen LogP contribution is -2.39. The standard InChI is InChI=1S/C19H28N2O3/c1-3-24-18-12-8-7-11-16(18)17(20-14(2)22)13-19(23)21-15-9-5-4-6-10-15/h7-8,11-12,15,17H,3-6,9-10,13H2,1-2H3,(H,20,22)(H,21,23)/t17-/m0/s1. The molecule has 0 radical (unpaired) electrons. The van der Waals surface area contributed by atoms with Crippen molar-refractivity contribution in [3.8, 4) is 5.75 Å². The van der Waals surface area contributed by atoms with E-state index in [9.17, 15) is 9.59 Å². The van der Waals surface area contributed by atoms with Gasteiger partial charge in [0, 0.05) is 18.5 Å². The van der Waals surface area contributed by atoms with E-state index in [0.717, 1.165) is 18.4 Å². The van der Waals surface area contributed by atoms with Crippen LogP contribution in [-0.2, 0) is 9.59 Å². The summed E-state index contributed by atoms with van der Waals surface area (Å²) in [6, 6.07) is 7.44. The lowest BCUT2D eigenvalue weighted by atomic mass is 9.95. The first-order chi connectivity index (χ1) is 11.6. The zero-order chi connectivity index (χ0) is 17.4. The predicted octanol–water partition coefficient (Wildman–Crippen LogP) is 3.10. The summed E-state index contributed by atoms with van der Waals surface area (Å²) in [5, 5.41) is 6.00. The molecule has 1 saturated carbocycles. The molecule has 2 amide bonds. The van der Waals surface area contributed by atoms with Crippen molar-refractivity contribution in [1.82, 2.24) is 10.6 Å². The van der Waals surface area contributed by atoms with E-state index < -0.39 is 0 Å². The van der Waals surface area contributed by atoms with Crippen molar-refractivity contribution in [2.24, 2.45) is 0 Å². The minimum atomic E-state index is -0.381. The Hall–Kier alpha value is -2.04. The van der Waals surface area contributed by atoms with Crippen LogP contribution in [0.5, 0.6) is 5.75 Å². The number of carbonyl (C=O) groups is 2. The monoisotopic (exact) mass is 332 g/mol. The Bertz CT molecular complexity index is 553. The SMILES string of the molecule is CCOc1ccccc1[C@H](CC(=O)NC1CCCCC1)NC(C)=O. The molecule has 1 aliphatic carbocycles. The molecule has 0 saturated heterocycles. The minimum absolute atomic E-state index is 0.0213. The van der Waals surface area contributed by atoms with Crippen molar-refractivity contribution >= 4 is 11.8 Å². The summed E-state index contributed by atoms with van der Waals surface area (Å²) in [7, 11) is 0. The summed E-state index contributed by atoms with van der Waals surface area (Å²) in [5.74, 6) is 0.535. The van der Waals surface area contributed by atoms with Crippen LogP contribution in [0.4, 0.5) is 0 Å². The molecule has 5 nitrogen and oxygen atoms in total. The lowest BCUT2D eigenvalue weighted by Gasteiger charge is -2.25. The van der Waals surface area contributed by atoms with Crippen molar-refractivity contribution in [3.05, 3.63) is 29.8 Å². The van der Waals surface area contributed by atoms with Crippen LogP contribution in [0.2, 0.25) is 0 Å². The van der Waals surface area contributed by atoms with Gasteiger partial charge in [-0.05, 0) is 25.8 Å². The maximum atomic E-state index is 12.4. The van der Waals surface area contributed by atoms with Crippen molar-refractivity contribution in [2.75, 3.05) is 6.61 Å². The molecule has 0 spiro atoms. The molecule has 0 bridgehead atoms. The molecular formula is C19H28N2O3. The molecule has 24 heavy (non-hydrogen) atoms. The van der Waals surface area contributed by atoms with Gasteiger partial charge >= 0.3 is 0 Å². The molecule has 1 aliphatic rings. The van der Waals surface area contributed by atoms with Gasteiger partial charge in [0.05, 0.1) is 19.1 Å². The average molecular weight is 332 g/mol. The fourth-order valence-corrected chi connectivity index (χ4v) is 3.26. The van der Waals surface area contributed by atoms with Crippen LogP contribution in [0.15, 0.2) is 24.3 Å². The highest BCUT2D eigenvalue weighted by Crippen LogP contribution is 2.27. The Morgan fingerprint density at radius 3 is 2.58 bits per heavy atom. The highest BCUT2D eigenvalue weighted by Gasteiger charge is 2.22. The number of benzene rings is 1. The molecule has 0 aromatic heterocycles. The van der Waals surface area contributed by atoms with Gasteiger partial charge in [0.15, 0.2) is 0 Å². The van der Waals surface area contributed by atoms with Gasteiger partial charge in [-0.1, -0.05) is 37.5 Å². The van der Waals surface area contributed by atoms with Gasteiger partial charge in [0.2, 0.25) is 11.8 Å². The van der Waals surface area contributed by atoms with E-state index in [2.05, 4.69) is 10.6 Å². The Morgan fingerprint density at radius 1 is 1.21 bits per heavy atom. The van der Waals surface area contributed by atoms with E-state index in [1.54, 1.807) is 0 Å². The van der Waals surface area contributed by atoms with Crippen LogP contribution in [0.3, 0.4) is 0 Å². The molecule has 1 atom stereocenters. The second-order valence-corrected chi connectivity index (χ2v) is 6.33. The van der Waals surface area contributed by atoms with Crippen molar-refractivity contribution in [2.45, 2.75) is 64.5 Å². The molecule has 5 heteroatoms. The first-order valence-electron chi connectivity index (χ1n) is 8.88. The van der Waals surface area contributed by atoms with Crippen molar-refractivity contribution in [3.63, 3.8) is 0 Å². The topological polar surface area (TPSA) is 67.4 Å². The highest BCUT2D eigenvalue weighted by atomic mass is 16.5. The van der Waals surface area contributed by atoms with Crippen LogP contribution in [0, 0.1) is 0 Å². The van der Waals surface area contributed by atoms with Gasteiger partial charge in [0.1, 0.15) is 5.75 Å². The number of hydrogen-bond donors (Lipinski definition) is 2. The number of ether oxygens (including phenoxy) is 1. The molecule has 1 aromatic rings. The number of nitrogens with one attached hydrogen (secondary N) is 2. The quantitative estimate of drug-likeness (QED) is 0.806. The third kappa shape index (κ3) is 5.55. The summed E-state index contributed by atoms with van der Waals surface area (Å²) in [4.78, 5) is 24.0. The van der Waals surface area contributed by atoms with Crippen LogP contribution in [-0.4, -0.2) is 24.5 Å². The number of rotatable bonds is 7. The second-order valence-electron chi connectivity index (χ2n) is 6.33. The summed E-state index contributed by atoms with van der Waals surface area (Å²) in [6.45, 7) is 3.92. The first kappa shape index (κ1) is 18.3. The van der Waals surface area contributed by atoms with E-state index >= 15 is 0 Å². The molecule has 2 N–H and O–H groups in total. The summed E-state index contributed by atoms with van der Waals surface area (Å²) in [5.41, 5.74) is 0.841. The van der Waals surface area contributed by atoms with Crippen LogP contribution >= 0.6 is 0 Å². The fourth-order valence-electron chi connectivity index (χ4n) is 3.26. The van der Waals surface area contributed by atoms with Crippen LogP contribution < -0.4 is 15.4 Å². The van der Waals surface area contributed by atoms with Gasteiger partial charge in [-0.25, -0.2) is 0 Å².